The van der Waals surface area contributed by atoms with E-state index in [1.54, 1.807) is 0 Å². The molecule has 1 amide bonds. The number of hydrogen-bond acceptors (Lipinski definition) is 3. The Bertz CT molecular complexity index is 317. The van der Waals surface area contributed by atoms with E-state index < -0.39 is 5.54 Å². The van der Waals surface area contributed by atoms with Gasteiger partial charge < -0.3 is 11.1 Å². The zero-order valence-electron chi connectivity index (χ0n) is 12.5. The molecule has 3 N–H and O–H groups in total. The van der Waals surface area contributed by atoms with Crippen molar-refractivity contribution in [2.75, 3.05) is 13.6 Å². The van der Waals surface area contributed by atoms with Gasteiger partial charge >= 0.3 is 0 Å². The largest absolute Gasteiger partial charge is 0.368 e. The molecule has 0 saturated heterocycles. The quantitative estimate of drug-likeness (QED) is 0.737. The number of likely N-dealkylation sites (N-methyl/N-ethyl adjacent to an activating group) is 1. The van der Waals surface area contributed by atoms with E-state index in [0.29, 0.717) is 6.04 Å². The maximum absolute atomic E-state index is 11.8. The van der Waals surface area contributed by atoms with Crippen molar-refractivity contribution < 1.29 is 4.79 Å². The molecule has 19 heavy (non-hydrogen) atoms. The zero-order valence-corrected chi connectivity index (χ0v) is 12.5. The molecular weight excluding hydrogens is 238 g/mol. The van der Waals surface area contributed by atoms with Crippen LogP contribution in [0.1, 0.15) is 58.3 Å². The number of amides is 1. The van der Waals surface area contributed by atoms with Crippen LogP contribution in [0, 0.1) is 0 Å². The Hall–Kier alpha value is -0.610. The van der Waals surface area contributed by atoms with E-state index in [2.05, 4.69) is 17.1 Å². The second-order valence-electron chi connectivity index (χ2n) is 6.27. The van der Waals surface area contributed by atoms with E-state index >= 15 is 0 Å². The molecule has 2 rings (SSSR count). The summed E-state index contributed by atoms with van der Waals surface area (Å²) in [5.74, 6) is -0.175. The number of carbonyl (C=O) groups is 1. The summed E-state index contributed by atoms with van der Waals surface area (Å²) in [5, 5.41) is 3.22. The molecule has 2 unspecified atom stereocenters. The smallest absolute Gasteiger partial charge is 0.237 e. The molecule has 2 aliphatic rings. The van der Waals surface area contributed by atoms with Crippen molar-refractivity contribution in [3.63, 3.8) is 0 Å². The van der Waals surface area contributed by atoms with Gasteiger partial charge in [-0.2, -0.15) is 0 Å². The van der Waals surface area contributed by atoms with Crippen LogP contribution >= 0.6 is 0 Å². The molecule has 2 atom stereocenters. The molecule has 2 aliphatic carbocycles. The van der Waals surface area contributed by atoms with Gasteiger partial charge in [-0.25, -0.2) is 0 Å². The molecule has 4 heteroatoms. The van der Waals surface area contributed by atoms with Crippen LogP contribution < -0.4 is 11.1 Å². The Labute approximate surface area is 117 Å². The van der Waals surface area contributed by atoms with Crippen molar-refractivity contribution in [2.24, 2.45) is 5.73 Å². The molecule has 110 valence electrons. The Morgan fingerprint density at radius 3 is 2.63 bits per heavy atom. The average Bonchev–Trinajstić information content (AvgIpc) is 3.24. The third-order valence-corrected chi connectivity index (χ3v) is 4.93. The molecule has 0 aromatic heterocycles. The van der Waals surface area contributed by atoms with Crippen LogP contribution in [-0.2, 0) is 4.79 Å². The summed E-state index contributed by atoms with van der Waals surface area (Å²) in [6.45, 7) is 3.43. The monoisotopic (exact) mass is 267 g/mol. The number of rotatable bonds is 7. The van der Waals surface area contributed by atoms with Crippen molar-refractivity contribution in [1.29, 1.82) is 0 Å². The van der Waals surface area contributed by atoms with E-state index in [0.717, 1.165) is 25.3 Å². The first-order valence-corrected chi connectivity index (χ1v) is 7.87. The fraction of sp³-hybridized carbons (Fsp3) is 0.933. The first-order valence-electron chi connectivity index (χ1n) is 7.87. The fourth-order valence-electron chi connectivity index (χ4n) is 3.51. The van der Waals surface area contributed by atoms with E-state index in [4.69, 9.17) is 5.73 Å². The minimum absolute atomic E-state index is 0.175. The summed E-state index contributed by atoms with van der Waals surface area (Å²) in [6.07, 6.45) is 9.27. The SMILES string of the molecule is CCCCN(C1CC1)C1CCCC(NC)(C(N)=O)C1. The Morgan fingerprint density at radius 2 is 2.11 bits per heavy atom. The fourth-order valence-corrected chi connectivity index (χ4v) is 3.51. The third kappa shape index (κ3) is 3.29. The lowest BCUT2D eigenvalue weighted by atomic mass is 9.77. The zero-order chi connectivity index (χ0) is 13.9. The van der Waals surface area contributed by atoms with Crippen molar-refractivity contribution in [2.45, 2.75) is 75.9 Å². The topological polar surface area (TPSA) is 58.4 Å². The molecule has 0 spiro atoms. The molecule has 0 bridgehead atoms. The lowest BCUT2D eigenvalue weighted by molar-refractivity contribution is -0.126. The minimum Gasteiger partial charge on any atom is -0.368 e. The number of primary amides is 1. The Morgan fingerprint density at radius 1 is 1.37 bits per heavy atom. The van der Waals surface area contributed by atoms with Crippen LogP contribution in [0.25, 0.3) is 0 Å². The highest BCUT2D eigenvalue weighted by Gasteiger charge is 2.44. The number of nitrogens with zero attached hydrogens (tertiary/aromatic N) is 1. The highest BCUT2D eigenvalue weighted by Crippen LogP contribution is 2.37. The molecule has 4 nitrogen and oxygen atoms in total. The van der Waals surface area contributed by atoms with Crippen molar-refractivity contribution in [1.82, 2.24) is 10.2 Å². The Balaban J connectivity index is 2.03. The van der Waals surface area contributed by atoms with Crippen LogP contribution in [0.5, 0.6) is 0 Å². The van der Waals surface area contributed by atoms with Gasteiger partial charge in [-0.3, -0.25) is 9.69 Å². The first-order chi connectivity index (χ1) is 9.13. The lowest BCUT2D eigenvalue weighted by Gasteiger charge is -2.43. The summed E-state index contributed by atoms with van der Waals surface area (Å²) in [7, 11) is 1.88. The third-order valence-electron chi connectivity index (χ3n) is 4.93. The van der Waals surface area contributed by atoms with Crippen LogP contribution in [0.15, 0.2) is 0 Å². The van der Waals surface area contributed by atoms with E-state index in [-0.39, 0.29) is 5.91 Å². The predicted octanol–water partition coefficient (Wildman–Crippen LogP) is 1.64. The van der Waals surface area contributed by atoms with Gasteiger partial charge in [-0.15, -0.1) is 0 Å². The highest BCUT2D eigenvalue weighted by molar-refractivity contribution is 5.84. The van der Waals surface area contributed by atoms with Gasteiger partial charge in [0.25, 0.3) is 0 Å². The lowest BCUT2D eigenvalue weighted by Crippen LogP contribution is -2.59. The minimum atomic E-state index is -0.470. The van der Waals surface area contributed by atoms with Crippen LogP contribution in [0.2, 0.25) is 0 Å². The second-order valence-corrected chi connectivity index (χ2v) is 6.27. The molecule has 2 fully saturated rings. The standard InChI is InChI=1S/C15H29N3O/c1-3-4-10-18(12-7-8-12)13-6-5-9-15(11-13,17-2)14(16)19/h12-13,17H,3-11H2,1-2H3,(H2,16,19). The van der Waals surface area contributed by atoms with Crippen molar-refractivity contribution in [3.8, 4) is 0 Å². The van der Waals surface area contributed by atoms with Gasteiger partial charge in [0, 0.05) is 12.1 Å². The first kappa shape index (κ1) is 14.8. The summed E-state index contributed by atoms with van der Waals surface area (Å²) >= 11 is 0. The number of hydrogen-bond donors (Lipinski definition) is 2. The summed E-state index contributed by atoms with van der Waals surface area (Å²) in [6, 6.07) is 1.31. The van der Waals surface area contributed by atoms with E-state index in [1.807, 2.05) is 7.05 Å². The van der Waals surface area contributed by atoms with Gasteiger partial charge in [-0.1, -0.05) is 13.3 Å². The number of carbonyl (C=O) groups excluding carboxylic acids is 1. The number of unbranched alkanes of at least 4 members (excludes halogenated alkanes) is 1. The predicted molar refractivity (Wildman–Crippen MR) is 77.9 cm³/mol. The summed E-state index contributed by atoms with van der Waals surface area (Å²) < 4.78 is 0. The van der Waals surface area contributed by atoms with Crippen LogP contribution in [0.3, 0.4) is 0 Å². The Kier molecular flexibility index (Phi) is 4.85. The summed E-state index contributed by atoms with van der Waals surface area (Å²) in [5.41, 5.74) is 5.18. The number of nitrogens with two attached hydrogens (primary N) is 1. The van der Waals surface area contributed by atoms with Crippen molar-refractivity contribution in [3.05, 3.63) is 0 Å². The van der Waals surface area contributed by atoms with E-state index in [1.165, 1.54) is 38.6 Å². The molecule has 0 radical (unpaired) electrons. The van der Waals surface area contributed by atoms with Crippen LogP contribution in [0.4, 0.5) is 0 Å². The van der Waals surface area contributed by atoms with Crippen molar-refractivity contribution >= 4 is 5.91 Å². The van der Waals surface area contributed by atoms with Gasteiger partial charge in [0.1, 0.15) is 0 Å². The van der Waals surface area contributed by atoms with Gasteiger partial charge in [0.05, 0.1) is 5.54 Å². The maximum Gasteiger partial charge on any atom is 0.237 e. The normalized spacial score (nSPS) is 31.6. The molecule has 0 heterocycles. The molecule has 0 aromatic carbocycles. The average molecular weight is 267 g/mol. The highest BCUT2D eigenvalue weighted by atomic mass is 16.1. The molecular formula is C15H29N3O. The number of nitrogens with one attached hydrogen (secondary N) is 1. The second kappa shape index (κ2) is 6.23. The molecule has 0 aromatic rings. The molecule has 0 aliphatic heterocycles. The summed E-state index contributed by atoms with van der Waals surface area (Å²) in [4.78, 5) is 14.5. The molecule has 2 saturated carbocycles. The van der Waals surface area contributed by atoms with Crippen LogP contribution in [-0.4, -0.2) is 42.0 Å². The van der Waals surface area contributed by atoms with Gasteiger partial charge in [-0.05, 0) is 58.5 Å². The van der Waals surface area contributed by atoms with Gasteiger partial charge in [0.2, 0.25) is 5.91 Å². The maximum atomic E-state index is 11.8. The van der Waals surface area contributed by atoms with Gasteiger partial charge in [0.15, 0.2) is 0 Å². The van der Waals surface area contributed by atoms with E-state index in [9.17, 15) is 4.79 Å².